The van der Waals surface area contributed by atoms with E-state index in [1.54, 1.807) is 0 Å². The summed E-state index contributed by atoms with van der Waals surface area (Å²) in [5.74, 6) is -1.46. The summed E-state index contributed by atoms with van der Waals surface area (Å²) >= 11 is 0. The number of hydrogen-bond donors (Lipinski definition) is 0. The second-order valence-electron chi connectivity index (χ2n) is 5.91. The zero-order chi connectivity index (χ0) is 16.7. The maximum atomic E-state index is 8.48. The Hall–Kier alpha value is -1.63. The molecule has 0 saturated carbocycles. The second kappa shape index (κ2) is 5.78. The molecule has 0 radical (unpaired) electrons. The highest BCUT2D eigenvalue weighted by Gasteiger charge is 2.20. The van der Waals surface area contributed by atoms with E-state index in [1.165, 1.54) is 11.1 Å². The summed E-state index contributed by atoms with van der Waals surface area (Å²) in [5, 5.41) is 0. The normalized spacial score (nSPS) is 13.9. The molecule has 2 aromatic rings. The fraction of sp³-hybridized carbons (Fsp3) is 0.421. The molecule has 20 heavy (non-hydrogen) atoms. The van der Waals surface area contributed by atoms with Gasteiger partial charge in [-0.2, -0.15) is 0 Å². The van der Waals surface area contributed by atoms with Crippen molar-refractivity contribution < 1.29 is 7.31 Å². The van der Waals surface area contributed by atoms with Gasteiger partial charge in [0.05, 0.1) is 0 Å². The summed E-state index contributed by atoms with van der Waals surface area (Å²) in [5.41, 5.74) is 5.30. The van der Waals surface area contributed by atoms with Gasteiger partial charge in [0.1, 0.15) is 7.05 Å². The lowest BCUT2D eigenvalue weighted by Gasteiger charge is -2.16. The number of pyridine rings is 1. The average Bonchev–Trinajstić information content (AvgIpc) is 2.37. The first-order chi connectivity index (χ1) is 10.0. The number of rotatable bonds is 3. The van der Waals surface area contributed by atoms with Gasteiger partial charge in [-0.15, -0.1) is 0 Å². The largest absolute Gasteiger partial charge is 0.212 e. The van der Waals surface area contributed by atoms with Crippen LogP contribution in [0.25, 0.3) is 11.3 Å². The third kappa shape index (κ3) is 2.77. The summed E-state index contributed by atoms with van der Waals surface area (Å²) in [4.78, 5) is 0. The van der Waals surface area contributed by atoms with Gasteiger partial charge >= 0.3 is 0 Å². The third-order valence-corrected chi connectivity index (χ3v) is 3.77. The lowest BCUT2D eigenvalue weighted by Crippen LogP contribution is -2.32. The summed E-state index contributed by atoms with van der Waals surface area (Å²) in [6.45, 7) is 9.64. The molecule has 0 aliphatic heterocycles. The number of hydrogen-bond acceptors (Lipinski definition) is 0. The molecule has 0 fully saturated rings. The second-order valence-corrected chi connectivity index (χ2v) is 5.91. The quantitative estimate of drug-likeness (QED) is 0.710. The number of nitrogens with zero attached hydrogens (tertiary/aromatic N) is 1. The molecule has 1 aromatic carbocycles. The highest BCUT2D eigenvalue weighted by molar-refractivity contribution is 5.62. The maximum absolute atomic E-state index is 8.48. The molecule has 0 amide bonds. The van der Waals surface area contributed by atoms with Crippen LogP contribution in [0.3, 0.4) is 0 Å². The summed E-state index contributed by atoms with van der Waals surface area (Å²) in [6, 6.07) is 10.4. The highest BCUT2D eigenvalue weighted by Crippen LogP contribution is 2.29. The van der Waals surface area contributed by atoms with Crippen LogP contribution in [0.15, 0.2) is 36.5 Å². The molecule has 2 rings (SSSR count). The van der Waals surface area contributed by atoms with Gasteiger partial charge in [0.25, 0.3) is 0 Å². The minimum atomic E-state index is -0.737. The lowest BCUT2D eigenvalue weighted by molar-refractivity contribution is -0.661. The Morgan fingerprint density at radius 1 is 1.00 bits per heavy atom. The molecule has 0 unspecified atom stereocenters. The Morgan fingerprint density at radius 2 is 1.60 bits per heavy atom. The number of aromatic nitrogens is 1. The average molecular weight is 270 g/mol. The van der Waals surface area contributed by atoms with Crippen LogP contribution in [-0.2, 0) is 7.05 Å². The molecule has 0 aliphatic rings. The van der Waals surface area contributed by atoms with E-state index in [0.29, 0.717) is 0 Å². The van der Waals surface area contributed by atoms with Crippen molar-refractivity contribution >= 4 is 0 Å². The fourth-order valence-electron chi connectivity index (χ4n) is 2.59. The topological polar surface area (TPSA) is 3.88 Å². The standard InChI is InChI=1S/C19H26N/c1-13(2)17-11-19(16-10-8-7-9-15(16)5)20(6)12-18(17)14(3)4/h7-14H,1-6H3/q+1/i13D,14D. The van der Waals surface area contributed by atoms with Crippen molar-refractivity contribution in [1.29, 1.82) is 0 Å². The van der Waals surface area contributed by atoms with Crippen LogP contribution in [-0.4, -0.2) is 0 Å². The van der Waals surface area contributed by atoms with Crippen LogP contribution in [0.2, 0.25) is 0 Å². The lowest BCUT2D eigenvalue weighted by atomic mass is 9.90. The predicted octanol–water partition coefficient (Wildman–Crippen LogP) is 4.73. The van der Waals surface area contributed by atoms with Crippen LogP contribution in [0.4, 0.5) is 0 Å². The third-order valence-electron chi connectivity index (χ3n) is 3.77. The van der Waals surface area contributed by atoms with Crippen LogP contribution >= 0.6 is 0 Å². The van der Waals surface area contributed by atoms with Crippen LogP contribution in [0.1, 0.15) is 58.9 Å². The van der Waals surface area contributed by atoms with Gasteiger partial charge in [0, 0.05) is 19.9 Å². The van der Waals surface area contributed by atoms with E-state index in [4.69, 9.17) is 2.74 Å². The van der Waals surface area contributed by atoms with Crippen molar-refractivity contribution in [2.75, 3.05) is 0 Å². The van der Waals surface area contributed by atoms with Crippen molar-refractivity contribution in [3.05, 3.63) is 53.2 Å². The van der Waals surface area contributed by atoms with Crippen molar-refractivity contribution in [3.63, 3.8) is 0 Å². The first-order valence-electron chi connectivity index (χ1n) is 8.12. The van der Waals surface area contributed by atoms with Gasteiger partial charge in [-0.25, -0.2) is 4.57 Å². The van der Waals surface area contributed by atoms with Crippen LogP contribution in [0, 0.1) is 6.92 Å². The fourth-order valence-corrected chi connectivity index (χ4v) is 2.59. The van der Waals surface area contributed by atoms with Crippen molar-refractivity contribution in [1.82, 2.24) is 0 Å². The summed E-state index contributed by atoms with van der Waals surface area (Å²) < 4.78 is 19.0. The summed E-state index contributed by atoms with van der Waals surface area (Å²) in [6.07, 6.45) is 2.01. The molecule has 0 aliphatic carbocycles. The highest BCUT2D eigenvalue weighted by atomic mass is 14.9. The zero-order valence-corrected chi connectivity index (χ0v) is 13.4. The van der Waals surface area contributed by atoms with E-state index in [1.807, 2.05) is 53.1 Å². The molecule has 1 heterocycles. The Balaban J connectivity index is 2.77. The Kier molecular flexibility index (Phi) is 3.51. The van der Waals surface area contributed by atoms with Gasteiger partial charge in [-0.1, -0.05) is 45.9 Å². The first kappa shape index (κ1) is 12.1. The van der Waals surface area contributed by atoms with Gasteiger partial charge in [0.2, 0.25) is 5.69 Å². The smallest absolute Gasteiger partial charge is 0.201 e. The summed E-state index contributed by atoms with van der Waals surface area (Å²) in [7, 11) is 2.01. The van der Waals surface area contributed by atoms with E-state index in [-0.39, 0.29) is 0 Å². The van der Waals surface area contributed by atoms with E-state index >= 15 is 0 Å². The molecule has 1 aromatic heterocycles. The molecule has 0 spiro atoms. The minimum absolute atomic E-state index is 0.727. The SMILES string of the molecule is [2H]C(C)(C)c1cc(-c2ccccc2C)[n+](C)cc1C([2H])(C)C. The molecular weight excluding hydrogens is 242 g/mol. The van der Waals surface area contributed by atoms with Crippen LogP contribution in [0.5, 0.6) is 0 Å². The minimum Gasteiger partial charge on any atom is -0.201 e. The van der Waals surface area contributed by atoms with E-state index in [0.717, 1.165) is 16.8 Å². The predicted molar refractivity (Wildman–Crippen MR) is 86.0 cm³/mol. The van der Waals surface area contributed by atoms with E-state index in [9.17, 15) is 0 Å². The number of benzene rings is 1. The Morgan fingerprint density at radius 3 is 2.15 bits per heavy atom. The molecule has 106 valence electrons. The van der Waals surface area contributed by atoms with Crippen LogP contribution < -0.4 is 4.57 Å². The van der Waals surface area contributed by atoms with Crippen molar-refractivity contribution in [2.24, 2.45) is 7.05 Å². The maximum Gasteiger partial charge on any atom is 0.212 e. The Bertz CT molecular complexity index is 692. The Labute approximate surface area is 126 Å². The monoisotopic (exact) mass is 270 g/mol. The van der Waals surface area contributed by atoms with E-state index < -0.39 is 11.8 Å². The van der Waals surface area contributed by atoms with Crippen molar-refractivity contribution in [3.8, 4) is 11.3 Å². The van der Waals surface area contributed by atoms with Crippen molar-refractivity contribution in [2.45, 2.75) is 46.4 Å². The molecule has 1 nitrogen and oxygen atoms in total. The molecule has 0 N–H and O–H groups in total. The van der Waals surface area contributed by atoms with Gasteiger partial charge in [-0.05, 0) is 35.9 Å². The molecule has 0 bridgehead atoms. The van der Waals surface area contributed by atoms with Gasteiger partial charge < -0.3 is 0 Å². The van der Waals surface area contributed by atoms with E-state index in [2.05, 4.69) is 29.7 Å². The zero-order valence-electron chi connectivity index (χ0n) is 15.4. The van der Waals surface area contributed by atoms with Gasteiger partial charge in [0.15, 0.2) is 6.20 Å². The van der Waals surface area contributed by atoms with Gasteiger partial charge in [-0.3, -0.25) is 0 Å². The molecular formula is C19H26N+. The molecule has 1 heteroatoms. The first-order valence-corrected chi connectivity index (χ1v) is 7.12. The number of aryl methyl sites for hydroxylation is 2. The molecule has 0 atom stereocenters. The molecule has 0 saturated heterocycles.